The first-order valence-electron chi connectivity index (χ1n) is 8.13. The number of halogens is 4. The molecule has 0 amide bonds. The second-order valence-corrected chi connectivity index (χ2v) is 8.67. The number of sulfonamides is 1. The van der Waals surface area contributed by atoms with Gasteiger partial charge in [-0.3, -0.25) is 0 Å². The van der Waals surface area contributed by atoms with Crippen LogP contribution in [0.15, 0.2) is 47.4 Å². The topological polar surface area (TPSA) is 53.2 Å². The van der Waals surface area contributed by atoms with Crippen molar-refractivity contribution < 1.29 is 21.6 Å². The molecular weight excluding hydrogens is 401 g/mol. The maximum Gasteiger partial charge on any atom is 0.416 e. The molecule has 4 rings (SSSR count). The van der Waals surface area contributed by atoms with E-state index in [4.69, 9.17) is 11.6 Å². The van der Waals surface area contributed by atoms with Crippen LogP contribution in [0.2, 0.25) is 5.02 Å². The average molecular weight is 415 g/mol. The minimum atomic E-state index is -4.65. The third-order valence-corrected chi connectivity index (χ3v) is 7.05. The number of benzene rings is 2. The van der Waals surface area contributed by atoms with Crippen molar-refractivity contribution in [3.05, 3.63) is 64.3 Å². The summed E-state index contributed by atoms with van der Waals surface area (Å²) >= 11 is 5.94. The Bertz CT molecular complexity index is 1140. The Hall–Kier alpha value is -2.03. The Morgan fingerprint density at radius 1 is 1.11 bits per heavy atom. The summed E-state index contributed by atoms with van der Waals surface area (Å²) in [5.41, 5.74) is 1.63. The Morgan fingerprint density at radius 2 is 1.85 bits per heavy atom. The molecule has 0 fully saturated rings. The third-order valence-electron chi connectivity index (χ3n) is 4.72. The first kappa shape index (κ1) is 18.3. The molecule has 1 aliphatic rings. The molecule has 0 aliphatic carbocycles. The van der Waals surface area contributed by atoms with Gasteiger partial charge in [0.2, 0.25) is 10.0 Å². The van der Waals surface area contributed by atoms with Crippen molar-refractivity contribution in [1.82, 2.24) is 9.29 Å². The summed E-state index contributed by atoms with van der Waals surface area (Å²) in [4.78, 5) is 2.75. The Morgan fingerprint density at radius 3 is 2.59 bits per heavy atom. The van der Waals surface area contributed by atoms with Gasteiger partial charge >= 0.3 is 6.18 Å². The van der Waals surface area contributed by atoms with Gasteiger partial charge in [0.15, 0.2) is 0 Å². The van der Waals surface area contributed by atoms with Crippen LogP contribution in [0.3, 0.4) is 0 Å². The molecule has 2 heterocycles. The van der Waals surface area contributed by atoms with Crippen LogP contribution in [-0.4, -0.2) is 24.3 Å². The third kappa shape index (κ3) is 3.11. The highest BCUT2D eigenvalue weighted by molar-refractivity contribution is 7.89. The monoisotopic (exact) mass is 414 g/mol. The fourth-order valence-corrected chi connectivity index (χ4v) is 5.27. The molecule has 1 aromatic heterocycles. The quantitative estimate of drug-likeness (QED) is 0.667. The van der Waals surface area contributed by atoms with E-state index in [2.05, 4.69) is 4.98 Å². The molecule has 142 valence electrons. The van der Waals surface area contributed by atoms with Gasteiger partial charge in [0.05, 0.1) is 10.6 Å². The maximum absolute atomic E-state index is 13.0. The lowest BCUT2D eigenvalue weighted by Crippen LogP contribution is -2.36. The Balaban J connectivity index is 1.76. The number of rotatable bonds is 2. The summed E-state index contributed by atoms with van der Waals surface area (Å²) < 4.78 is 66.2. The lowest BCUT2D eigenvalue weighted by atomic mass is 10.1. The van der Waals surface area contributed by atoms with E-state index < -0.39 is 26.7 Å². The summed E-state index contributed by atoms with van der Waals surface area (Å²) in [6.07, 6.45) is -4.21. The highest BCUT2D eigenvalue weighted by Gasteiger charge is 2.36. The van der Waals surface area contributed by atoms with E-state index in [-0.39, 0.29) is 18.1 Å². The van der Waals surface area contributed by atoms with Gasteiger partial charge in [-0.1, -0.05) is 29.8 Å². The molecule has 0 bridgehead atoms. The molecule has 0 unspecified atom stereocenters. The summed E-state index contributed by atoms with van der Waals surface area (Å²) in [5, 5.41) is 0.676. The minimum Gasteiger partial charge on any atom is -0.358 e. The van der Waals surface area contributed by atoms with Gasteiger partial charge < -0.3 is 4.98 Å². The van der Waals surface area contributed by atoms with Crippen LogP contribution in [0.4, 0.5) is 13.2 Å². The smallest absolute Gasteiger partial charge is 0.358 e. The first-order chi connectivity index (χ1) is 12.7. The van der Waals surface area contributed by atoms with Crippen LogP contribution >= 0.6 is 11.6 Å². The molecule has 0 radical (unpaired) electrons. The van der Waals surface area contributed by atoms with Crippen molar-refractivity contribution in [1.29, 1.82) is 0 Å². The zero-order chi connectivity index (χ0) is 19.4. The summed E-state index contributed by atoms with van der Waals surface area (Å²) in [7, 11) is -4.18. The van der Waals surface area contributed by atoms with Gasteiger partial charge in [0.25, 0.3) is 0 Å². The molecule has 0 saturated carbocycles. The zero-order valence-electron chi connectivity index (χ0n) is 13.8. The largest absolute Gasteiger partial charge is 0.416 e. The highest BCUT2D eigenvalue weighted by Crippen LogP contribution is 2.36. The molecule has 0 saturated heterocycles. The van der Waals surface area contributed by atoms with E-state index in [1.807, 2.05) is 24.3 Å². The van der Waals surface area contributed by atoms with Crippen LogP contribution in [-0.2, 0) is 29.2 Å². The first-order valence-corrected chi connectivity index (χ1v) is 9.95. The lowest BCUT2D eigenvalue weighted by Gasteiger charge is -2.27. The lowest BCUT2D eigenvalue weighted by molar-refractivity contribution is -0.137. The van der Waals surface area contributed by atoms with Crippen molar-refractivity contribution in [2.45, 2.75) is 24.0 Å². The van der Waals surface area contributed by atoms with Gasteiger partial charge in [-0.15, -0.1) is 0 Å². The van der Waals surface area contributed by atoms with Crippen molar-refractivity contribution in [2.75, 3.05) is 6.54 Å². The minimum absolute atomic E-state index is 0.0776. The molecule has 2 aromatic carbocycles. The second-order valence-electron chi connectivity index (χ2n) is 6.36. The SMILES string of the molecule is O=S(=O)(c1cc(C(F)(F)F)ccc1Cl)N1CCc2[nH]c3ccccc3c2C1. The summed E-state index contributed by atoms with van der Waals surface area (Å²) in [6, 6.07) is 9.86. The maximum atomic E-state index is 13.0. The normalized spacial score (nSPS) is 15.9. The number of para-hydroxylation sites is 1. The van der Waals surface area contributed by atoms with E-state index in [0.717, 1.165) is 34.3 Å². The van der Waals surface area contributed by atoms with E-state index in [1.54, 1.807) is 0 Å². The molecule has 0 spiro atoms. The van der Waals surface area contributed by atoms with E-state index in [1.165, 1.54) is 4.31 Å². The van der Waals surface area contributed by atoms with Crippen molar-refractivity contribution in [2.24, 2.45) is 0 Å². The molecule has 27 heavy (non-hydrogen) atoms. The average Bonchev–Trinajstić information content (AvgIpc) is 2.98. The van der Waals surface area contributed by atoms with Crippen LogP contribution in [0.1, 0.15) is 16.8 Å². The van der Waals surface area contributed by atoms with Gasteiger partial charge in [-0.2, -0.15) is 17.5 Å². The van der Waals surface area contributed by atoms with Crippen molar-refractivity contribution >= 4 is 32.5 Å². The molecule has 1 aliphatic heterocycles. The fraction of sp³-hybridized carbons (Fsp3) is 0.222. The van der Waals surface area contributed by atoms with E-state index in [0.29, 0.717) is 12.5 Å². The van der Waals surface area contributed by atoms with Gasteiger partial charge in [0.1, 0.15) is 4.90 Å². The number of hydrogen-bond acceptors (Lipinski definition) is 2. The number of aromatic nitrogens is 1. The van der Waals surface area contributed by atoms with Crippen LogP contribution in [0, 0.1) is 0 Å². The van der Waals surface area contributed by atoms with Crippen molar-refractivity contribution in [3.63, 3.8) is 0 Å². The molecule has 1 N–H and O–H groups in total. The predicted octanol–water partition coefficient (Wildman–Crippen LogP) is 4.59. The molecule has 4 nitrogen and oxygen atoms in total. The number of aromatic amines is 1. The van der Waals surface area contributed by atoms with Crippen LogP contribution in [0.5, 0.6) is 0 Å². The second kappa shape index (κ2) is 6.25. The number of H-pyrrole nitrogens is 1. The van der Waals surface area contributed by atoms with Gasteiger partial charge in [0, 0.05) is 36.1 Å². The number of fused-ring (bicyclic) bond motifs is 3. The number of alkyl halides is 3. The molecule has 3 aromatic rings. The number of nitrogens with zero attached hydrogens (tertiary/aromatic N) is 1. The summed E-state index contributed by atoms with van der Waals surface area (Å²) in [5.74, 6) is 0. The molecular formula is C18H14ClF3N2O2S. The molecule has 0 atom stereocenters. The fourth-order valence-electron chi connectivity index (χ4n) is 3.36. The Labute approximate surface area is 158 Å². The highest BCUT2D eigenvalue weighted by atomic mass is 35.5. The van der Waals surface area contributed by atoms with E-state index >= 15 is 0 Å². The van der Waals surface area contributed by atoms with Crippen LogP contribution in [0.25, 0.3) is 10.9 Å². The van der Waals surface area contributed by atoms with Gasteiger partial charge in [-0.25, -0.2) is 8.42 Å². The van der Waals surface area contributed by atoms with Gasteiger partial charge in [-0.05, 0) is 29.8 Å². The summed E-state index contributed by atoms with van der Waals surface area (Å²) in [6.45, 7) is 0.239. The molecule has 9 heteroatoms. The van der Waals surface area contributed by atoms with E-state index in [9.17, 15) is 21.6 Å². The number of nitrogens with one attached hydrogen (secondary N) is 1. The van der Waals surface area contributed by atoms with Crippen molar-refractivity contribution in [3.8, 4) is 0 Å². The van der Waals surface area contributed by atoms with Crippen LogP contribution < -0.4 is 0 Å². The zero-order valence-corrected chi connectivity index (χ0v) is 15.4. The number of hydrogen-bond donors (Lipinski definition) is 1. The standard InChI is InChI=1S/C18H14ClF3N2O2S/c19-14-6-5-11(18(20,21)22)9-17(14)27(25,26)24-8-7-16-13(10-24)12-3-1-2-4-15(12)23-16/h1-6,9,23H,7-8,10H2. The Kier molecular flexibility index (Phi) is 4.25. The predicted molar refractivity (Wildman–Crippen MR) is 96.1 cm³/mol.